The van der Waals surface area contributed by atoms with Gasteiger partial charge in [-0.2, -0.15) is 0 Å². The van der Waals surface area contributed by atoms with Crippen LogP contribution in [0.15, 0.2) is 40.9 Å². The van der Waals surface area contributed by atoms with Crippen molar-refractivity contribution in [3.8, 4) is 11.5 Å². The molecule has 0 saturated heterocycles. The molecule has 0 aliphatic carbocycles. The minimum absolute atomic E-state index is 0.0513. The van der Waals surface area contributed by atoms with Crippen LogP contribution >= 0.6 is 31.9 Å². The molecule has 0 saturated carbocycles. The summed E-state index contributed by atoms with van der Waals surface area (Å²) in [6.07, 6.45) is 0.872. The first-order valence-corrected chi connectivity index (χ1v) is 8.34. The Labute approximate surface area is 139 Å². The highest BCUT2D eigenvalue weighted by atomic mass is 79.9. The van der Waals surface area contributed by atoms with Gasteiger partial charge in [-0.1, -0.05) is 44.0 Å². The Morgan fingerprint density at radius 1 is 1.00 bits per heavy atom. The van der Waals surface area contributed by atoms with Crippen molar-refractivity contribution < 1.29 is 13.9 Å². The van der Waals surface area contributed by atoms with Crippen LogP contribution in [0.3, 0.4) is 0 Å². The summed E-state index contributed by atoms with van der Waals surface area (Å²) in [4.78, 5) is -0.0513. The molecule has 21 heavy (non-hydrogen) atoms. The zero-order valence-corrected chi connectivity index (χ0v) is 14.3. The highest BCUT2D eigenvalue weighted by Crippen LogP contribution is 2.42. The Balaban J connectivity index is 1.97. The van der Waals surface area contributed by atoms with E-state index in [1.807, 2.05) is 12.1 Å². The molecule has 1 heterocycles. The summed E-state index contributed by atoms with van der Waals surface area (Å²) in [6, 6.07) is 10.3. The van der Waals surface area contributed by atoms with Gasteiger partial charge in [-0.3, -0.25) is 0 Å². The summed E-state index contributed by atoms with van der Waals surface area (Å²) in [7, 11) is 0. The molecule has 0 radical (unpaired) electrons. The highest BCUT2D eigenvalue weighted by molar-refractivity contribution is 9.11. The van der Waals surface area contributed by atoms with Crippen LogP contribution in [0.2, 0.25) is 0 Å². The molecule has 0 aromatic heterocycles. The molecule has 1 unspecified atom stereocenters. The number of hydrogen-bond acceptors (Lipinski definition) is 2. The molecule has 0 N–H and O–H groups in total. The van der Waals surface area contributed by atoms with Crippen LogP contribution in [0.4, 0.5) is 4.39 Å². The summed E-state index contributed by atoms with van der Waals surface area (Å²) in [5.41, 5.74) is 2.00. The Morgan fingerprint density at radius 2 is 1.62 bits per heavy atom. The Hall–Kier alpha value is -1.07. The van der Waals surface area contributed by atoms with Crippen molar-refractivity contribution in [2.24, 2.45) is 0 Å². The average Bonchev–Trinajstić information content (AvgIpc) is 2.71. The number of rotatable bonds is 2. The van der Waals surface area contributed by atoms with Crippen molar-refractivity contribution in [1.82, 2.24) is 0 Å². The van der Waals surface area contributed by atoms with Gasteiger partial charge in [0.1, 0.15) is 5.82 Å². The van der Waals surface area contributed by atoms with Crippen molar-refractivity contribution >= 4 is 31.9 Å². The number of ether oxygens (including phenoxy) is 2. The number of hydrogen-bond donors (Lipinski definition) is 0. The van der Waals surface area contributed by atoms with Crippen LogP contribution in [0.1, 0.15) is 22.4 Å². The van der Waals surface area contributed by atoms with Crippen molar-refractivity contribution in [2.75, 3.05) is 13.2 Å². The number of fused-ring (bicyclic) bond motifs is 1. The zero-order valence-electron chi connectivity index (χ0n) is 11.1. The Kier molecular flexibility index (Phi) is 4.50. The predicted molar refractivity (Wildman–Crippen MR) is 86.9 cm³/mol. The molecular formula is C16H13Br2FO2. The summed E-state index contributed by atoms with van der Waals surface area (Å²) in [5.74, 6) is 1.26. The van der Waals surface area contributed by atoms with Crippen LogP contribution in [0, 0.1) is 5.82 Å². The maximum absolute atomic E-state index is 13.0. The third-order valence-corrected chi connectivity index (χ3v) is 5.01. The van der Waals surface area contributed by atoms with Gasteiger partial charge in [-0.25, -0.2) is 4.39 Å². The van der Waals surface area contributed by atoms with Crippen molar-refractivity contribution in [3.05, 3.63) is 57.8 Å². The molecule has 0 fully saturated rings. The van der Waals surface area contributed by atoms with Gasteiger partial charge < -0.3 is 9.47 Å². The van der Waals surface area contributed by atoms with Gasteiger partial charge in [0.2, 0.25) is 0 Å². The lowest BCUT2D eigenvalue weighted by molar-refractivity contribution is 0.297. The molecule has 2 nitrogen and oxygen atoms in total. The largest absolute Gasteiger partial charge is 0.490 e. The van der Waals surface area contributed by atoms with E-state index in [0.29, 0.717) is 13.2 Å². The van der Waals surface area contributed by atoms with Crippen LogP contribution in [-0.4, -0.2) is 13.2 Å². The fraction of sp³-hybridized carbons (Fsp3) is 0.250. The molecule has 0 bridgehead atoms. The second-order valence-electron chi connectivity index (χ2n) is 4.79. The average molecular weight is 416 g/mol. The van der Waals surface area contributed by atoms with E-state index >= 15 is 0 Å². The minimum Gasteiger partial charge on any atom is -0.490 e. The highest BCUT2D eigenvalue weighted by Gasteiger charge is 2.19. The summed E-state index contributed by atoms with van der Waals surface area (Å²) < 4.78 is 25.4. The zero-order chi connectivity index (χ0) is 14.8. The molecule has 1 aliphatic heterocycles. The lowest BCUT2D eigenvalue weighted by Crippen LogP contribution is -1.98. The first-order valence-electron chi connectivity index (χ1n) is 6.64. The van der Waals surface area contributed by atoms with E-state index in [1.54, 1.807) is 12.1 Å². The molecule has 3 rings (SSSR count). The van der Waals surface area contributed by atoms with E-state index in [9.17, 15) is 4.39 Å². The van der Waals surface area contributed by atoms with Gasteiger partial charge in [-0.15, -0.1) is 0 Å². The van der Waals surface area contributed by atoms with Crippen molar-refractivity contribution in [2.45, 2.75) is 11.2 Å². The van der Waals surface area contributed by atoms with E-state index in [0.717, 1.165) is 33.5 Å². The van der Waals surface area contributed by atoms with Gasteiger partial charge in [-0.05, 0) is 35.4 Å². The molecule has 0 spiro atoms. The fourth-order valence-electron chi connectivity index (χ4n) is 2.21. The Morgan fingerprint density at radius 3 is 2.29 bits per heavy atom. The first-order chi connectivity index (χ1) is 10.1. The normalized spacial score (nSPS) is 15.4. The third kappa shape index (κ3) is 3.24. The van der Waals surface area contributed by atoms with E-state index < -0.39 is 0 Å². The monoisotopic (exact) mass is 414 g/mol. The second kappa shape index (κ2) is 6.36. The molecule has 1 atom stereocenters. The maximum Gasteiger partial charge on any atom is 0.162 e. The smallest absolute Gasteiger partial charge is 0.162 e. The molecule has 2 aromatic rings. The predicted octanol–water partition coefficient (Wildman–Crippen LogP) is 5.23. The van der Waals surface area contributed by atoms with E-state index in [4.69, 9.17) is 9.47 Å². The van der Waals surface area contributed by atoms with Gasteiger partial charge in [0.05, 0.1) is 18.0 Å². The number of halogens is 3. The number of benzene rings is 2. The molecule has 5 heteroatoms. The standard InChI is InChI=1S/C16H13Br2FO2/c17-13-9-15-14(20-6-1-7-21-15)8-12(13)16(18)10-2-4-11(19)5-3-10/h2-5,8-9,16H,1,6-7H2. The van der Waals surface area contributed by atoms with Crippen LogP contribution in [0.25, 0.3) is 0 Å². The van der Waals surface area contributed by atoms with Gasteiger partial charge in [0.15, 0.2) is 11.5 Å². The van der Waals surface area contributed by atoms with Crippen LogP contribution in [0.5, 0.6) is 11.5 Å². The van der Waals surface area contributed by atoms with Crippen molar-refractivity contribution in [3.63, 3.8) is 0 Å². The first kappa shape index (κ1) is 14.9. The Bertz CT molecular complexity index is 643. The number of alkyl halides is 1. The fourth-order valence-corrected chi connectivity index (χ4v) is 3.75. The lowest BCUT2D eigenvalue weighted by atomic mass is 10.0. The van der Waals surface area contributed by atoms with E-state index in [2.05, 4.69) is 31.9 Å². The second-order valence-corrected chi connectivity index (χ2v) is 6.56. The van der Waals surface area contributed by atoms with E-state index in [1.165, 1.54) is 12.1 Å². The van der Waals surface area contributed by atoms with Gasteiger partial charge in [0.25, 0.3) is 0 Å². The van der Waals surface area contributed by atoms with Crippen molar-refractivity contribution in [1.29, 1.82) is 0 Å². The molecule has 110 valence electrons. The molecule has 1 aliphatic rings. The van der Waals surface area contributed by atoms with Gasteiger partial charge in [0, 0.05) is 10.9 Å². The molecule has 2 aromatic carbocycles. The molecular weight excluding hydrogens is 403 g/mol. The topological polar surface area (TPSA) is 18.5 Å². The summed E-state index contributed by atoms with van der Waals surface area (Å²) in [5, 5.41) is 0. The third-order valence-electron chi connectivity index (χ3n) is 3.30. The summed E-state index contributed by atoms with van der Waals surface area (Å²) in [6.45, 7) is 1.31. The molecule has 0 amide bonds. The lowest BCUT2D eigenvalue weighted by Gasteiger charge is -2.16. The maximum atomic E-state index is 13.0. The quantitative estimate of drug-likeness (QED) is 0.625. The SMILES string of the molecule is Fc1ccc(C(Br)c2cc3c(cc2Br)OCCCO3)cc1. The van der Waals surface area contributed by atoms with Crippen LogP contribution < -0.4 is 9.47 Å². The van der Waals surface area contributed by atoms with E-state index in [-0.39, 0.29) is 10.6 Å². The minimum atomic E-state index is -0.240. The van der Waals surface area contributed by atoms with Gasteiger partial charge >= 0.3 is 0 Å². The summed E-state index contributed by atoms with van der Waals surface area (Å²) >= 11 is 7.24. The van der Waals surface area contributed by atoms with Crippen LogP contribution in [-0.2, 0) is 0 Å².